The maximum atomic E-state index is 14.0. The number of carbonyl (C=O) groups is 3. The highest BCUT2D eigenvalue weighted by molar-refractivity contribution is 6.34. The lowest BCUT2D eigenvalue weighted by Gasteiger charge is -2.37. The van der Waals surface area contributed by atoms with Crippen molar-refractivity contribution in [1.29, 1.82) is 0 Å². The number of aryl methyl sites for hydroxylation is 2. The van der Waals surface area contributed by atoms with Crippen molar-refractivity contribution in [3.05, 3.63) is 71.2 Å². The van der Waals surface area contributed by atoms with Crippen LogP contribution in [0.4, 0.5) is 18.9 Å². The number of alkyl halides is 3. The van der Waals surface area contributed by atoms with Gasteiger partial charge in [0.05, 0.1) is 41.1 Å². The summed E-state index contributed by atoms with van der Waals surface area (Å²) >= 11 is 6.48. The van der Waals surface area contributed by atoms with Crippen molar-refractivity contribution >= 4 is 35.0 Å². The van der Waals surface area contributed by atoms with Crippen LogP contribution in [0.15, 0.2) is 49.1 Å². The molecule has 2 aliphatic rings. The molecule has 1 aromatic carbocycles. The van der Waals surface area contributed by atoms with Crippen LogP contribution >= 0.6 is 11.6 Å². The first kappa shape index (κ1) is 33.2. The fourth-order valence-corrected chi connectivity index (χ4v) is 6.28. The third-order valence-corrected chi connectivity index (χ3v) is 8.95. The molecule has 3 aromatic heterocycles. The van der Waals surface area contributed by atoms with Crippen molar-refractivity contribution in [1.82, 2.24) is 44.2 Å². The minimum Gasteiger partial charge on any atom is -0.339 e. The summed E-state index contributed by atoms with van der Waals surface area (Å²) in [4.78, 5) is 46.9. The zero-order valence-electron chi connectivity index (χ0n) is 26.1. The number of hydrogen-bond donors (Lipinski definition) is 2. The van der Waals surface area contributed by atoms with Gasteiger partial charge in [0, 0.05) is 63.4 Å². The maximum Gasteiger partial charge on any atom is 0.435 e. The SMILES string of the molecule is Cn1c(-c2cn(CCn3cccn3)nc2C(F)(F)F)cnc1C(=O)Nc1ccc(C(=O)N2CCN(C(=O)C3CCNCC3)CC2)c(Cl)c1. The van der Waals surface area contributed by atoms with E-state index in [0.717, 1.165) is 25.9 Å². The van der Waals surface area contributed by atoms with Gasteiger partial charge >= 0.3 is 6.18 Å². The van der Waals surface area contributed by atoms with Crippen LogP contribution < -0.4 is 10.6 Å². The number of rotatable bonds is 8. The number of hydrogen-bond acceptors (Lipinski definition) is 7. The summed E-state index contributed by atoms with van der Waals surface area (Å²) in [6, 6.07) is 6.16. The summed E-state index contributed by atoms with van der Waals surface area (Å²) in [7, 11) is 1.44. The fraction of sp³-hybridized carbons (Fsp3) is 0.419. The molecule has 254 valence electrons. The summed E-state index contributed by atoms with van der Waals surface area (Å²) in [5, 5.41) is 13.8. The van der Waals surface area contributed by atoms with Crippen LogP contribution in [-0.2, 0) is 31.1 Å². The number of nitrogens with one attached hydrogen (secondary N) is 2. The quantitative estimate of drug-likeness (QED) is 0.290. The topological polar surface area (TPSA) is 135 Å². The minimum atomic E-state index is -4.74. The third-order valence-electron chi connectivity index (χ3n) is 8.64. The van der Waals surface area contributed by atoms with Gasteiger partial charge in [-0.3, -0.25) is 23.7 Å². The van der Waals surface area contributed by atoms with Crippen LogP contribution in [0, 0.1) is 5.92 Å². The molecule has 6 rings (SSSR count). The molecule has 4 aromatic rings. The number of carbonyl (C=O) groups excluding carboxylic acids is 3. The lowest BCUT2D eigenvalue weighted by Crippen LogP contribution is -2.52. The van der Waals surface area contributed by atoms with Gasteiger partial charge < -0.3 is 25.0 Å². The fourth-order valence-electron chi connectivity index (χ4n) is 6.02. The Balaban J connectivity index is 1.10. The minimum absolute atomic E-state index is 0.0166. The standard InChI is InChI=1S/C31H34ClF3N10O3/c1-41-25(23-19-45(40-26(23)31(33,34)35)16-15-44-10-2-7-38-44)18-37-27(41)28(46)39-21-3-4-22(24(32)17-21)30(48)43-13-11-42(12-14-43)29(47)20-5-8-36-9-6-20/h2-4,7,10,17-20,36H,5-6,8-9,11-16H2,1H3,(H,39,46). The van der Waals surface area contributed by atoms with Crippen LogP contribution in [0.1, 0.15) is 39.5 Å². The molecule has 0 atom stereocenters. The van der Waals surface area contributed by atoms with Crippen molar-refractivity contribution in [2.45, 2.75) is 32.1 Å². The van der Waals surface area contributed by atoms with Crippen molar-refractivity contribution < 1.29 is 27.6 Å². The second kappa shape index (κ2) is 13.8. The van der Waals surface area contributed by atoms with Gasteiger partial charge in [0.25, 0.3) is 11.8 Å². The van der Waals surface area contributed by atoms with Gasteiger partial charge in [0.1, 0.15) is 0 Å². The Bertz CT molecular complexity index is 1790. The molecule has 48 heavy (non-hydrogen) atoms. The number of anilines is 1. The predicted molar refractivity (Wildman–Crippen MR) is 169 cm³/mol. The van der Waals surface area contributed by atoms with E-state index >= 15 is 0 Å². The van der Waals surface area contributed by atoms with Crippen LogP contribution in [0.25, 0.3) is 11.3 Å². The molecule has 13 nitrogen and oxygen atoms in total. The van der Waals surface area contributed by atoms with Gasteiger partial charge in [0.2, 0.25) is 5.91 Å². The highest BCUT2D eigenvalue weighted by atomic mass is 35.5. The second-order valence-electron chi connectivity index (χ2n) is 11.7. The number of amides is 3. The largest absolute Gasteiger partial charge is 0.435 e. The molecule has 5 heterocycles. The van der Waals surface area contributed by atoms with Crippen molar-refractivity contribution in [2.24, 2.45) is 13.0 Å². The summed E-state index contributed by atoms with van der Waals surface area (Å²) in [6.07, 6.45) is 2.62. The number of piperidine rings is 1. The number of halogens is 4. The Morgan fingerprint density at radius 1 is 1.04 bits per heavy atom. The average Bonchev–Trinajstić information content (AvgIpc) is 3.84. The van der Waals surface area contributed by atoms with Gasteiger partial charge in [-0.1, -0.05) is 11.6 Å². The highest BCUT2D eigenvalue weighted by Gasteiger charge is 2.39. The molecule has 2 saturated heterocycles. The second-order valence-corrected chi connectivity index (χ2v) is 12.1. The Hall–Kier alpha value is -4.70. The van der Waals surface area contributed by atoms with Gasteiger partial charge in [-0.05, 0) is 50.2 Å². The van der Waals surface area contributed by atoms with E-state index in [1.165, 1.54) is 46.9 Å². The molecule has 0 unspecified atom stereocenters. The Labute approximate surface area is 278 Å². The van der Waals surface area contributed by atoms with Crippen molar-refractivity contribution in [3.8, 4) is 11.3 Å². The number of aromatic nitrogens is 6. The zero-order chi connectivity index (χ0) is 34.0. The van der Waals surface area contributed by atoms with E-state index in [4.69, 9.17) is 11.6 Å². The molecule has 0 aliphatic carbocycles. The first-order chi connectivity index (χ1) is 23.0. The number of benzene rings is 1. The van der Waals surface area contributed by atoms with E-state index in [2.05, 4.69) is 25.8 Å². The molecule has 0 spiro atoms. The van der Waals surface area contributed by atoms with Gasteiger partial charge in [-0.2, -0.15) is 23.4 Å². The smallest absolute Gasteiger partial charge is 0.339 e. The molecular formula is C31H34ClF3N10O3. The number of piperazine rings is 1. The molecule has 0 radical (unpaired) electrons. The highest BCUT2D eigenvalue weighted by Crippen LogP contribution is 2.36. The predicted octanol–water partition coefficient (Wildman–Crippen LogP) is 3.39. The van der Waals surface area contributed by atoms with Crippen molar-refractivity contribution in [2.75, 3.05) is 44.6 Å². The van der Waals surface area contributed by atoms with E-state index < -0.39 is 17.8 Å². The van der Waals surface area contributed by atoms with E-state index in [1.54, 1.807) is 28.0 Å². The van der Waals surface area contributed by atoms with Gasteiger partial charge in [-0.25, -0.2) is 4.98 Å². The van der Waals surface area contributed by atoms with E-state index in [9.17, 15) is 27.6 Å². The first-order valence-corrected chi connectivity index (χ1v) is 15.9. The summed E-state index contributed by atoms with van der Waals surface area (Å²) in [6.45, 7) is 3.77. The lowest BCUT2D eigenvalue weighted by molar-refractivity contribution is -0.141. The normalized spacial score (nSPS) is 15.9. The monoisotopic (exact) mass is 686 g/mol. The number of imidazole rings is 1. The summed E-state index contributed by atoms with van der Waals surface area (Å²) in [5.74, 6) is -0.961. The Morgan fingerprint density at radius 3 is 2.42 bits per heavy atom. The molecule has 0 bridgehead atoms. The summed E-state index contributed by atoms with van der Waals surface area (Å²) < 4.78 is 45.9. The summed E-state index contributed by atoms with van der Waals surface area (Å²) in [5.41, 5.74) is -0.754. The van der Waals surface area contributed by atoms with Gasteiger partial charge in [-0.15, -0.1) is 0 Å². The van der Waals surface area contributed by atoms with Gasteiger partial charge in [0.15, 0.2) is 11.5 Å². The lowest BCUT2D eigenvalue weighted by atomic mass is 9.96. The van der Waals surface area contributed by atoms with E-state index in [-0.39, 0.29) is 57.6 Å². The Morgan fingerprint density at radius 2 is 1.75 bits per heavy atom. The average molecular weight is 687 g/mol. The van der Waals surface area contributed by atoms with E-state index in [1.807, 2.05) is 4.90 Å². The Kier molecular flexibility index (Phi) is 9.55. The van der Waals surface area contributed by atoms with Crippen LogP contribution in [0.2, 0.25) is 5.02 Å². The maximum absolute atomic E-state index is 14.0. The molecule has 17 heteroatoms. The molecule has 2 N–H and O–H groups in total. The number of nitrogens with zero attached hydrogens (tertiary/aromatic N) is 8. The van der Waals surface area contributed by atoms with Crippen LogP contribution in [0.3, 0.4) is 0 Å². The van der Waals surface area contributed by atoms with Crippen molar-refractivity contribution in [3.63, 3.8) is 0 Å². The molecule has 3 amide bonds. The van der Waals surface area contributed by atoms with E-state index in [0.29, 0.717) is 32.7 Å². The zero-order valence-corrected chi connectivity index (χ0v) is 26.8. The third kappa shape index (κ3) is 7.08. The molecule has 2 aliphatic heterocycles. The molecule has 2 fully saturated rings. The molecule has 0 saturated carbocycles. The van der Waals surface area contributed by atoms with Crippen LogP contribution in [0.5, 0.6) is 0 Å². The van der Waals surface area contributed by atoms with Crippen LogP contribution in [-0.4, -0.2) is 95.9 Å². The first-order valence-electron chi connectivity index (χ1n) is 15.5. The molecular weight excluding hydrogens is 653 g/mol.